The van der Waals surface area contributed by atoms with Gasteiger partial charge in [-0.25, -0.2) is 4.98 Å². The summed E-state index contributed by atoms with van der Waals surface area (Å²) in [4.78, 5) is 10.7. The van der Waals surface area contributed by atoms with E-state index in [0.29, 0.717) is 11.9 Å². The van der Waals surface area contributed by atoms with E-state index in [1.165, 1.54) is 5.56 Å². The zero-order valence-electron chi connectivity index (χ0n) is 11.4. The molecule has 3 rings (SSSR count). The van der Waals surface area contributed by atoms with Crippen molar-refractivity contribution in [2.24, 2.45) is 0 Å². The molecule has 3 N–H and O–H groups in total. The molecule has 2 aromatic rings. The standard InChI is InChI=1S/C15H19N5/c16-14-8-17-9-15(19-14)18-13-6-7-20(11-13)10-12-4-2-1-3-5-12/h1-5,8-9,13H,6-7,10-11H2,(H3,16,18,19). The molecule has 1 aliphatic heterocycles. The van der Waals surface area contributed by atoms with Gasteiger partial charge in [0.05, 0.1) is 12.4 Å². The van der Waals surface area contributed by atoms with E-state index in [1.54, 1.807) is 12.4 Å². The van der Waals surface area contributed by atoms with Crippen molar-refractivity contribution >= 4 is 11.6 Å². The molecule has 5 nitrogen and oxygen atoms in total. The number of aromatic nitrogens is 2. The first-order valence-electron chi connectivity index (χ1n) is 6.90. The quantitative estimate of drug-likeness (QED) is 0.885. The fourth-order valence-electron chi connectivity index (χ4n) is 2.60. The maximum absolute atomic E-state index is 5.64. The molecule has 0 bridgehead atoms. The van der Waals surface area contributed by atoms with Crippen LogP contribution in [-0.4, -0.2) is 34.0 Å². The fraction of sp³-hybridized carbons (Fsp3) is 0.333. The van der Waals surface area contributed by atoms with Crippen LogP contribution < -0.4 is 11.1 Å². The van der Waals surface area contributed by atoms with Crippen molar-refractivity contribution in [2.75, 3.05) is 24.1 Å². The number of nitrogens with two attached hydrogens (primary N) is 1. The minimum absolute atomic E-state index is 0.412. The first-order valence-corrected chi connectivity index (χ1v) is 6.90. The van der Waals surface area contributed by atoms with E-state index in [2.05, 4.69) is 50.5 Å². The van der Waals surface area contributed by atoms with Crippen LogP contribution in [0.25, 0.3) is 0 Å². The minimum Gasteiger partial charge on any atom is -0.382 e. The second-order valence-corrected chi connectivity index (χ2v) is 5.18. The molecule has 0 amide bonds. The van der Waals surface area contributed by atoms with E-state index in [9.17, 15) is 0 Å². The van der Waals surface area contributed by atoms with Crippen molar-refractivity contribution in [3.05, 3.63) is 48.3 Å². The molecule has 0 saturated carbocycles. The van der Waals surface area contributed by atoms with E-state index in [-0.39, 0.29) is 0 Å². The summed E-state index contributed by atoms with van der Waals surface area (Å²) in [5.74, 6) is 1.21. The van der Waals surface area contributed by atoms with Gasteiger partial charge in [-0.05, 0) is 12.0 Å². The monoisotopic (exact) mass is 269 g/mol. The van der Waals surface area contributed by atoms with Gasteiger partial charge in [0.1, 0.15) is 11.6 Å². The number of nitrogens with one attached hydrogen (secondary N) is 1. The Labute approximate surface area is 118 Å². The number of anilines is 2. The first-order chi connectivity index (χ1) is 9.79. The summed E-state index contributed by atoms with van der Waals surface area (Å²) >= 11 is 0. The Bertz CT molecular complexity index is 557. The number of nitrogens with zero attached hydrogens (tertiary/aromatic N) is 3. The Balaban J connectivity index is 1.54. The van der Waals surface area contributed by atoms with Crippen LogP contribution in [0.4, 0.5) is 11.6 Å². The van der Waals surface area contributed by atoms with Gasteiger partial charge in [-0.1, -0.05) is 30.3 Å². The van der Waals surface area contributed by atoms with Gasteiger partial charge in [0, 0.05) is 25.7 Å². The second kappa shape index (κ2) is 5.88. The third kappa shape index (κ3) is 3.24. The van der Waals surface area contributed by atoms with Crippen LogP contribution in [0.3, 0.4) is 0 Å². The second-order valence-electron chi connectivity index (χ2n) is 5.18. The molecule has 5 heteroatoms. The molecule has 2 heterocycles. The Kier molecular flexibility index (Phi) is 3.78. The van der Waals surface area contributed by atoms with Gasteiger partial charge in [-0.15, -0.1) is 0 Å². The van der Waals surface area contributed by atoms with Crippen molar-refractivity contribution in [1.29, 1.82) is 0 Å². The summed E-state index contributed by atoms with van der Waals surface area (Å²) in [6.07, 6.45) is 4.39. The highest BCUT2D eigenvalue weighted by atomic mass is 15.2. The Hall–Kier alpha value is -2.14. The zero-order chi connectivity index (χ0) is 13.8. The van der Waals surface area contributed by atoms with Crippen LogP contribution in [0.15, 0.2) is 42.7 Å². The number of hydrogen-bond donors (Lipinski definition) is 2. The Morgan fingerprint density at radius 3 is 2.90 bits per heavy atom. The molecule has 1 saturated heterocycles. The number of likely N-dealkylation sites (tertiary alicyclic amines) is 1. The molecule has 1 fully saturated rings. The zero-order valence-corrected chi connectivity index (χ0v) is 11.4. The molecule has 0 radical (unpaired) electrons. The van der Waals surface area contributed by atoms with Crippen molar-refractivity contribution in [3.8, 4) is 0 Å². The molecule has 1 unspecified atom stereocenters. The molecule has 0 aliphatic carbocycles. The fourth-order valence-corrected chi connectivity index (χ4v) is 2.60. The smallest absolute Gasteiger partial charge is 0.147 e. The van der Waals surface area contributed by atoms with Crippen LogP contribution >= 0.6 is 0 Å². The number of rotatable bonds is 4. The number of hydrogen-bond acceptors (Lipinski definition) is 5. The lowest BCUT2D eigenvalue weighted by Crippen LogP contribution is -2.26. The van der Waals surface area contributed by atoms with Gasteiger partial charge in [-0.3, -0.25) is 9.88 Å². The molecule has 1 aromatic carbocycles. The summed E-state index contributed by atoms with van der Waals surface area (Å²) in [7, 11) is 0. The topological polar surface area (TPSA) is 67.1 Å². The van der Waals surface area contributed by atoms with E-state index in [1.807, 2.05) is 0 Å². The lowest BCUT2D eigenvalue weighted by Gasteiger charge is -2.17. The summed E-state index contributed by atoms with van der Waals surface area (Å²) in [6.45, 7) is 3.12. The van der Waals surface area contributed by atoms with Gasteiger partial charge in [0.15, 0.2) is 0 Å². The van der Waals surface area contributed by atoms with Gasteiger partial charge >= 0.3 is 0 Å². The average Bonchev–Trinajstić information content (AvgIpc) is 2.87. The SMILES string of the molecule is Nc1cncc(NC2CCN(Cc3ccccc3)C2)n1. The van der Waals surface area contributed by atoms with Gasteiger partial charge < -0.3 is 11.1 Å². The molecule has 104 valence electrons. The van der Waals surface area contributed by atoms with Gasteiger partial charge in [-0.2, -0.15) is 0 Å². The number of benzene rings is 1. The molecular weight excluding hydrogens is 250 g/mol. The summed E-state index contributed by atoms with van der Waals surface area (Å²) in [5.41, 5.74) is 7.00. The van der Waals surface area contributed by atoms with Crippen LogP contribution in [0.5, 0.6) is 0 Å². The Morgan fingerprint density at radius 1 is 1.25 bits per heavy atom. The highest BCUT2D eigenvalue weighted by Crippen LogP contribution is 2.16. The third-order valence-electron chi connectivity index (χ3n) is 3.53. The molecule has 1 aromatic heterocycles. The molecule has 1 atom stereocenters. The summed E-state index contributed by atoms with van der Waals surface area (Å²) in [5, 5.41) is 3.40. The van der Waals surface area contributed by atoms with Crippen molar-refractivity contribution in [2.45, 2.75) is 19.0 Å². The van der Waals surface area contributed by atoms with E-state index >= 15 is 0 Å². The highest BCUT2D eigenvalue weighted by Gasteiger charge is 2.22. The first kappa shape index (κ1) is 12.9. The van der Waals surface area contributed by atoms with Crippen molar-refractivity contribution < 1.29 is 0 Å². The van der Waals surface area contributed by atoms with Crippen LogP contribution in [0, 0.1) is 0 Å². The average molecular weight is 269 g/mol. The van der Waals surface area contributed by atoms with E-state index in [0.717, 1.165) is 31.9 Å². The maximum atomic E-state index is 5.64. The largest absolute Gasteiger partial charge is 0.382 e. The highest BCUT2D eigenvalue weighted by molar-refractivity contribution is 5.39. The predicted octanol–water partition coefficient (Wildman–Crippen LogP) is 1.75. The van der Waals surface area contributed by atoms with Crippen molar-refractivity contribution in [1.82, 2.24) is 14.9 Å². The van der Waals surface area contributed by atoms with Crippen LogP contribution in [0.2, 0.25) is 0 Å². The van der Waals surface area contributed by atoms with Crippen LogP contribution in [0.1, 0.15) is 12.0 Å². The normalized spacial score (nSPS) is 19.1. The van der Waals surface area contributed by atoms with Gasteiger partial charge in [0.2, 0.25) is 0 Å². The molecule has 0 spiro atoms. The van der Waals surface area contributed by atoms with E-state index in [4.69, 9.17) is 5.73 Å². The maximum Gasteiger partial charge on any atom is 0.147 e. The van der Waals surface area contributed by atoms with Crippen molar-refractivity contribution in [3.63, 3.8) is 0 Å². The molecule has 1 aliphatic rings. The third-order valence-corrected chi connectivity index (χ3v) is 3.53. The van der Waals surface area contributed by atoms with E-state index < -0.39 is 0 Å². The number of nitrogen functional groups attached to an aromatic ring is 1. The Morgan fingerprint density at radius 2 is 2.10 bits per heavy atom. The molecule has 20 heavy (non-hydrogen) atoms. The van der Waals surface area contributed by atoms with Gasteiger partial charge in [0.25, 0.3) is 0 Å². The lowest BCUT2D eigenvalue weighted by atomic mass is 10.2. The predicted molar refractivity (Wildman–Crippen MR) is 80.2 cm³/mol. The lowest BCUT2D eigenvalue weighted by molar-refractivity contribution is 0.328. The molecular formula is C15H19N5. The summed E-state index contributed by atoms with van der Waals surface area (Å²) < 4.78 is 0. The minimum atomic E-state index is 0.412. The summed E-state index contributed by atoms with van der Waals surface area (Å²) in [6, 6.07) is 11.0. The van der Waals surface area contributed by atoms with Crippen LogP contribution in [-0.2, 0) is 6.54 Å².